The number of benzene rings is 1. The van der Waals surface area contributed by atoms with Crippen LogP contribution in [0.5, 0.6) is 0 Å². The fourth-order valence-electron chi connectivity index (χ4n) is 2.72. The molecule has 0 amide bonds. The fourth-order valence-corrected chi connectivity index (χ4v) is 2.96. The zero-order valence-electron chi connectivity index (χ0n) is 13.0. The van der Waals surface area contributed by atoms with Crippen LogP contribution in [0.3, 0.4) is 0 Å². The molecule has 1 aliphatic rings. The minimum absolute atomic E-state index is 0.0524. The Morgan fingerprint density at radius 2 is 2.08 bits per heavy atom. The molecule has 24 heavy (non-hydrogen) atoms. The number of aromatic nitrogens is 2. The van der Waals surface area contributed by atoms with Gasteiger partial charge in [-0.3, -0.25) is 0 Å². The SMILES string of the molecule is CCc1cc2c(cc1Nc1ncc(C(F)(F)F)c(Cl)n1)CCNC2. The van der Waals surface area contributed by atoms with Gasteiger partial charge in [0.25, 0.3) is 0 Å². The van der Waals surface area contributed by atoms with Crippen molar-refractivity contribution in [3.05, 3.63) is 45.7 Å². The van der Waals surface area contributed by atoms with Crippen LogP contribution in [0.4, 0.5) is 24.8 Å². The van der Waals surface area contributed by atoms with E-state index < -0.39 is 16.9 Å². The van der Waals surface area contributed by atoms with Crippen LogP contribution in [0.2, 0.25) is 5.15 Å². The maximum Gasteiger partial charge on any atom is 0.420 e. The van der Waals surface area contributed by atoms with E-state index in [-0.39, 0.29) is 5.95 Å². The lowest BCUT2D eigenvalue weighted by atomic mass is 9.96. The number of hydrogen-bond acceptors (Lipinski definition) is 4. The third-order valence-electron chi connectivity index (χ3n) is 3.99. The molecule has 0 saturated carbocycles. The van der Waals surface area contributed by atoms with Crippen molar-refractivity contribution >= 4 is 23.2 Å². The summed E-state index contributed by atoms with van der Waals surface area (Å²) in [5.74, 6) is 0.0524. The van der Waals surface area contributed by atoms with E-state index in [0.717, 1.165) is 37.2 Å². The molecule has 0 saturated heterocycles. The normalized spacial score (nSPS) is 14.4. The summed E-state index contributed by atoms with van der Waals surface area (Å²) in [5, 5.41) is 5.71. The van der Waals surface area contributed by atoms with Gasteiger partial charge in [-0.2, -0.15) is 13.2 Å². The van der Waals surface area contributed by atoms with Gasteiger partial charge in [-0.05, 0) is 42.1 Å². The summed E-state index contributed by atoms with van der Waals surface area (Å²) in [6.07, 6.45) is -2.18. The number of nitrogens with zero attached hydrogens (tertiary/aromatic N) is 2. The number of anilines is 2. The summed E-state index contributed by atoms with van der Waals surface area (Å²) in [4.78, 5) is 7.48. The highest BCUT2D eigenvalue weighted by molar-refractivity contribution is 6.30. The van der Waals surface area contributed by atoms with E-state index in [9.17, 15) is 13.2 Å². The Morgan fingerprint density at radius 3 is 2.75 bits per heavy atom. The number of nitrogens with one attached hydrogen (secondary N) is 2. The van der Waals surface area contributed by atoms with Crippen molar-refractivity contribution in [2.45, 2.75) is 32.5 Å². The monoisotopic (exact) mass is 356 g/mol. The lowest BCUT2D eigenvalue weighted by Gasteiger charge is -2.21. The summed E-state index contributed by atoms with van der Waals surface area (Å²) in [7, 11) is 0. The van der Waals surface area contributed by atoms with Gasteiger partial charge >= 0.3 is 6.18 Å². The first-order valence-corrected chi connectivity index (χ1v) is 7.98. The van der Waals surface area contributed by atoms with E-state index in [1.807, 2.05) is 13.0 Å². The zero-order chi connectivity index (χ0) is 17.3. The van der Waals surface area contributed by atoms with Crippen molar-refractivity contribution in [1.29, 1.82) is 0 Å². The number of aryl methyl sites for hydroxylation is 1. The molecule has 128 valence electrons. The van der Waals surface area contributed by atoms with Crippen LogP contribution in [-0.4, -0.2) is 16.5 Å². The Labute approximate surface area is 142 Å². The predicted molar refractivity (Wildman–Crippen MR) is 86.6 cm³/mol. The van der Waals surface area contributed by atoms with Crippen LogP contribution in [0, 0.1) is 0 Å². The molecule has 0 fully saturated rings. The summed E-state index contributed by atoms with van der Waals surface area (Å²) in [6, 6.07) is 4.12. The number of alkyl halides is 3. The average molecular weight is 357 g/mol. The van der Waals surface area contributed by atoms with Gasteiger partial charge in [0.2, 0.25) is 5.95 Å². The summed E-state index contributed by atoms with van der Waals surface area (Å²) in [6.45, 7) is 3.75. The molecule has 0 unspecified atom stereocenters. The molecule has 0 aliphatic carbocycles. The third kappa shape index (κ3) is 3.47. The summed E-state index contributed by atoms with van der Waals surface area (Å²) >= 11 is 5.65. The van der Waals surface area contributed by atoms with Gasteiger partial charge in [0.1, 0.15) is 10.7 Å². The molecule has 0 radical (unpaired) electrons. The van der Waals surface area contributed by atoms with Crippen LogP contribution in [0.25, 0.3) is 0 Å². The largest absolute Gasteiger partial charge is 0.420 e. The van der Waals surface area contributed by atoms with Crippen LogP contribution < -0.4 is 10.6 Å². The molecule has 2 N–H and O–H groups in total. The first-order valence-electron chi connectivity index (χ1n) is 7.60. The molecule has 2 aromatic rings. The molecule has 4 nitrogen and oxygen atoms in total. The highest BCUT2D eigenvalue weighted by Gasteiger charge is 2.34. The number of hydrogen-bond donors (Lipinski definition) is 2. The lowest BCUT2D eigenvalue weighted by molar-refractivity contribution is -0.137. The Hall–Kier alpha value is -1.86. The molecular weight excluding hydrogens is 341 g/mol. The minimum atomic E-state index is -4.57. The molecule has 1 aromatic heterocycles. The van der Waals surface area contributed by atoms with E-state index in [1.165, 1.54) is 11.1 Å². The van der Waals surface area contributed by atoms with Crippen molar-refractivity contribution < 1.29 is 13.2 Å². The van der Waals surface area contributed by atoms with Crippen LogP contribution in [0.15, 0.2) is 18.3 Å². The highest BCUT2D eigenvalue weighted by Crippen LogP contribution is 2.34. The second kappa shape index (κ2) is 6.57. The molecule has 3 rings (SSSR count). The smallest absolute Gasteiger partial charge is 0.324 e. The maximum atomic E-state index is 12.7. The first kappa shape index (κ1) is 17.0. The summed E-state index contributed by atoms with van der Waals surface area (Å²) < 4.78 is 38.2. The molecule has 0 spiro atoms. The molecule has 0 bridgehead atoms. The van der Waals surface area contributed by atoms with E-state index in [4.69, 9.17) is 11.6 Å². The first-order chi connectivity index (χ1) is 11.4. The third-order valence-corrected chi connectivity index (χ3v) is 4.28. The van der Waals surface area contributed by atoms with Crippen molar-refractivity contribution in [3.63, 3.8) is 0 Å². The van der Waals surface area contributed by atoms with E-state index >= 15 is 0 Å². The standard InChI is InChI=1S/C16H16ClF3N4/c1-2-9-5-11-7-21-4-3-10(11)6-13(9)23-15-22-8-12(14(17)24-15)16(18,19)20/h5-6,8,21H,2-4,7H2,1H3,(H,22,23,24). The molecule has 1 aromatic carbocycles. The molecule has 1 aliphatic heterocycles. The Kier molecular flexibility index (Phi) is 4.64. The van der Waals surface area contributed by atoms with Crippen molar-refractivity contribution in [2.24, 2.45) is 0 Å². The number of halogens is 4. The second-order valence-corrected chi connectivity index (χ2v) is 5.94. The molecular formula is C16H16ClF3N4. The molecule has 8 heteroatoms. The predicted octanol–water partition coefficient (Wildman–Crippen LogP) is 4.10. The minimum Gasteiger partial charge on any atom is -0.324 e. The van der Waals surface area contributed by atoms with Crippen LogP contribution in [0.1, 0.15) is 29.2 Å². The van der Waals surface area contributed by atoms with Gasteiger partial charge in [-0.25, -0.2) is 9.97 Å². The molecule has 2 heterocycles. The van der Waals surface area contributed by atoms with E-state index in [2.05, 4.69) is 26.7 Å². The van der Waals surface area contributed by atoms with Gasteiger partial charge in [-0.1, -0.05) is 24.6 Å². The van der Waals surface area contributed by atoms with Gasteiger partial charge < -0.3 is 10.6 Å². The zero-order valence-corrected chi connectivity index (χ0v) is 13.7. The highest BCUT2D eigenvalue weighted by atomic mass is 35.5. The number of rotatable bonds is 3. The van der Waals surface area contributed by atoms with E-state index in [0.29, 0.717) is 6.20 Å². The van der Waals surface area contributed by atoms with Gasteiger partial charge in [-0.15, -0.1) is 0 Å². The topological polar surface area (TPSA) is 49.8 Å². The number of fused-ring (bicyclic) bond motifs is 1. The van der Waals surface area contributed by atoms with Gasteiger partial charge in [0.15, 0.2) is 0 Å². The van der Waals surface area contributed by atoms with Crippen molar-refractivity contribution in [1.82, 2.24) is 15.3 Å². The van der Waals surface area contributed by atoms with Crippen molar-refractivity contribution in [2.75, 3.05) is 11.9 Å². The van der Waals surface area contributed by atoms with E-state index in [1.54, 1.807) is 0 Å². The van der Waals surface area contributed by atoms with Crippen molar-refractivity contribution in [3.8, 4) is 0 Å². The Bertz CT molecular complexity index is 762. The molecule has 0 atom stereocenters. The fraction of sp³-hybridized carbons (Fsp3) is 0.375. The second-order valence-electron chi connectivity index (χ2n) is 5.58. The average Bonchev–Trinajstić information content (AvgIpc) is 2.53. The van der Waals surface area contributed by atoms with Gasteiger partial charge in [0.05, 0.1) is 0 Å². The lowest BCUT2D eigenvalue weighted by Crippen LogP contribution is -2.24. The van der Waals surface area contributed by atoms with Gasteiger partial charge in [0, 0.05) is 18.4 Å². The van der Waals surface area contributed by atoms with Crippen LogP contribution in [-0.2, 0) is 25.6 Å². The quantitative estimate of drug-likeness (QED) is 0.813. The van der Waals surface area contributed by atoms with Crippen LogP contribution >= 0.6 is 11.6 Å². The summed E-state index contributed by atoms with van der Waals surface area (Å²) in [5.41, 5.74) is 3.27. The Balaban J connectivity index is 1.92. The maximum absolute atomic E-state index is 12.7. The Morgan fingerprint density at radius 1 is 1.29 bits per heavy atom.